The first kappa shape index (κ1) is 13.9. The number of alkyl halides is 3. The maximum absolute atomic E-state index is 12.6. The Bertz CT molecular complexity index is 414. The molecule has 0 bridgehead atoms. The van der Waals surface area contributed by atoms with E-state index in [-0.39, 0.29) is 12.8 Å². The van der Waals surface area contributed by atoms with Crippen molar-refractivity contribution in [2.75, 3.05) is 29.9 Å². The van der Waals surface area contributed by atoms with Gasteiger partial charge >= 0.3 is 6.18 Å². The van der Waals surface area contributed by atoms with Crippen LogP contribution in [-0.4, -0.2) is 35.8 Å². The molecule has 0 radical (unpaired) electrons. The second kappa shape index (κ2) is 5.63. The number of anilines is 2. The molecule has 4 nitrogen and oxygen atoms in total. The van der Waals surface area contributed by atoms with Crippen LogP contribution in [0.5, 0.6) is 0 Å². The summed E-state index contributed by atoms with van der Waals surface area (Å²) in [7, 11) is 0. The molecule has 0 aromatic carbocycles. The highest BCUT2D eigenvalue weighted by molar-refractivity contribution is 5.48. The van der Waals surface area contributed by atoms with Gasteiger partial charge in [-0.25, -0.2) is 9.97 Å². The van der Waals surface area contributed by atoms with Crippen LogP contribution in [0.25, 0.3) is 0 Å². The molecule has 1 fully saturated rings. The van der Waals surface area contributed by atoms with Crippen LogP contribution in [0, 0.1) is 5.92 Å². The van der Waals surface area contributed by atoms with Gasteiger partial charge in [0.1, 0.15) is 18.0 Å². The standard InChI is InChI=1S/C12H17F3N4/c1-2-16-10-7-11(18-8-17-10)19-5-3-9(4-6-19)12(13,14)15/h7-9H,2-6H2,1H3,(H,16,17,18). The average Bonchev–Trinajstić information content (AvgIpc) is 2.39. The van der Waals surface area contributed by atoms with Crippen molar-refractivity contribution in [1.82, 2.24) is 9.97 Å². The van der Waals surface area contributed by atoms with Gasteiger partial charge in [0.25, 0.3) is 0 Å². The highest BCUT2D eigenvalue weighted by Crippen LogP contribution is 2.35. The van der Waals surface area contributed by atoms with Crippen molar-refractivity contribution in [2.24, 2.45) is 5.92 Å². The van der Waals surface area contributed by atoms with Crippen LogP contribution >= 0.6 is 0 Å². The molecule has 7 heteroatoms. The van der Waals surface area contributed by atoms with Gasteiger partial charge in [0.2, 0.25) is 0 Å². The Kier molecular flexibility index (Phi) is 4.11. The SMILES string of the molecule is CCNc1cc(N2CCC(C(F)(F)F)CC2)ncn1. The molecule has 1 aromatic heterocycles. The number of nitrogens with one attached hydrogen (secondary N) is 1. The zero-order valence-electron chi connectivity index (χ0n) is 10.7. The molecule has 2 heterocycles. The predicted octanol–water partition coefficient (Wildman–Crippen LogP) is 2.69. The minimum absolute atomic E-state index is 0.129. The number of rotatable bonds is 3. The van der Waals surface area contributed by atoms with Gasteiger partial charge in [0.15, 0.2) is 0 Å². The van der Waals surface area contributed by atoms with E-state index in [1.165, 1.54) is 6.33 Å². The van der Waals surface area contributed by atoms with Crippen molar-refractivity contribution in [3.63, 3.8) is 0 Å². The summed E-state index contributed by atoms with van der Waals surface area (Å²) in [6, 6.07) is 1.78. The maximum Gasteiger partial charge on any atom is 0.391 e. The lowest BCUT2D eigenvalue weighted by Gasteiger charge is -2.33. The monoisotopic (exact) mass is 274 g/mol. The fourth-order valence-corrected chi connectivity index (χ4v) is 2.23. The Hall–Kier alpha value is -1.53. The molecule has 1 saturated heterocycles. The van der Waals surface area contributed by atoms with Crippen molar-refractivity contribution < 1.29 is 13.2 Å². The predicted molar refractivity (Wildman–Crippen MR) is 67.2 cm³/mol. The zero-order valence-corrected chi connectivity index (χ0v) is 10.7. The number of halogens is 3. The van der Waals surface area contributed by atoms with Gasteiger partial charge in [-0.05, 0) is 19.8 Å². The Labute approximate surface area is 110 Å². The quantitative estimate of drug-likeness (QED) is 0.920. The summed E-state index contributed by atoms with van der Waals surface area (Å²) < 4.78 is 37.7. The van der Waals surface area contributed by atoms with Gasteiger partial charge in [-0.1, -0.05) is 0 Å². The summed E-state index contributed by atoms with van der Waals surface area (Å²) in [6.45, 7) is 3.46. The van der Waals surface area contributed by atoms with Gasteiger partial charge in [0.05, 0.1) is 5.92 Å². The van der Waals surface area contributed by atoms with Crippen LogP contribution in [0.2, 0.25) is 0 Å². The molecule has 0 spiro atoms. The van der Waals surface area contributed by atoms with Gasteiger partial charge in [0, 0.05) is 25.7 Å². The first-order valence-electron chi connectivity index (χ1n) is 6.38. The third-order valence-electron chi connectivity index (χ3n) is 3.29. The Morgan fingerprint density at radius 2 is 2.00 bits per heavy atom. The third kappa shape index (κ3) is 3.48. The normalized spacial score (nSPS) is 17.6. The number of aromatic nitrogens is 2. The molecule has 0 atom stereocenters. The van der Waals surface area contributed by atoms with E-state index in [0.29, 0.717) is 24.7 Å². The highest BCUT2D eigenvalue weighted by Gasteiger charge is 2.41. The van der Waals surface area contributed by atoms with Gasteiger partial charge in [-0.15, -0.1) is 0 Å². The van der Waals surface area contributed by atoms with Crippen molar-refractivity contribution in [1.29, 1.82) is 0 Å². The number of nitrogens with zero attached hydrogens (tertiary/aromatic N) is 3. The van der Waals surface area contributed by atoms with E-state index in [1.807, 2.05) is 11.8 Å². The van der Waals surface area contributed by atoms with E-state index in [4.69, 9.17) is 0 Å². The third-order valence-corrected chi connectivity index (χ3v) is 3.29. The zero-order chi connectivity index (χ0) is 13.9. The Morgan fingerprint density at radius 3 is 2.58 bits per heavy atom. The summed E-state index contributed by atoms with van der Waals surface area (Å²) in [4.78, 5) is 10.1. The molecular formula is C12H17F3N4. The fraction of sp³-hybridized carbons (Fsp3) is 0.667. The molecule has 0 unspecified atom stereocenters. The number of hydrogen-bond donors (Lipinski definition) is 1. The summed E-state index contributed by atoms with van der Waals surface area (Å²) in [6.07, 6.45) is -2.38. The van der Waals surface area contributed by atoms with Crippen LogP contribution in [0.3, 0.4) is 0 Å². The molecule has 106 valence electrons. The number of hydrogen-bond acceptors (Lipinski definition) is 4. The van der Waals surface area contributed by atoms with E-state index in [9.17, 15) is 13.2 Å². The topological polar surface area (TPSA) is 41.0 Å². The van der Waals surface area contributed by atoms with Crippen molar-refractivity contribution >= 4 is 11.6 Å². The largest absolute Gasteiger partial charge is 0.391 e. The van der Waals surface area contributed by atoms with Crippen LogP contribution in [0.15, 0.2) is 12.4 Å². The molecule has 0 aliphatic carbocycles. The smallest absolute Gasteiger partial charge is 0.370 e. The van der Waals surface area contributed by atoms with Crippen LogP contribution in [-0.2, 0) is 0 Å². The average molecular weight is 274 g/mol. The van der Waals surface area contributed by atoms with E-state index in [2.05, 4.69) is 15.3 Å². The van der Waals surface area contributed by atoms with Crippen LogP contribution in [0.1, 0.15) is 19.8 Å². The van der Waals surface area contributed by atoms with Crippen LogP contribution in [0.4, 0.5) is 24.8 Å². The van der Waals surface area contributed by atoms with E-state index < -0.39 is 12.1 Å². The summed E-state index contributed by atoms with van der Waals surface area (Å²) in [5.41, 5.74) is 0. The second-order valence-electron chi connectivity index (χ2n) is 4.59. The lowest BCUT2D eigenvalue weighted by Crippen LogP contribution is -2.39. The molecule has 1 N–H and O–H groups in total. The van der Waals surface area contributed by atoms with Crippen molar-refractivity contribution in [2.45, 2.75) is 25.9 Å². The first-order chi connectivity index (χ1) is 9.00. The van der Waals surface area contributed by atoms with Crippen LogP contribution < -0.4 is 10.2 Å². The molecule has 0 saturated carbocycles. The molecule has 19 heavy (non-hydrogen) atoms. The minimum Gasteiger partial charge on any atom is -0.370 e. The lowest BCUT2D eigenvalue weighted by molar-refractivity contribution is -0.179. The van der Waals surface area contributed by atoms with Gasteiger partial charge in [-0.3, -0.25) is 0 Å². The summed E-state index contributed by atoms with van der Waals surface area (Å²) in [5.74, 6) is 0.204. The second-order valence-corrected chi connectivity index (χ2v) is 4.59. The van der Waals surface area contributed by atoms with Crippen molar-refractivity contribution in [3.05, 3.63) is 12.4 Å². The fourth-order valence-electron chi connectivity index (χ4n) is 2.23. The molecular weight excluding hydrogens is 257 g/mol. The van der Waals surface area contributed by atoms with Gasteiger partial charge < -0.3 is 10.2 Å². The number of piperidine rings is 1. The van der Waals surface area contributed by atoms with E-state index >= 15 is 0 Å². The summed E-state index contributed by atoms with van der Waals surface area (Å²) >= 11 is 0. The molecule has 1 aliphatic rings. The highest BCUT2D eigenvalue weighted by atomic mass is 19.4. The van der Waals surface area contributed by atoms with E-state index in [1.54, 1.807) is 6.07 Å². The molecule has 2 rings (SSSR count). The molecule has 1 aliphatic heterocycles. The summed E-state index contributed by atoms with van der Waals surface area (Å²) in [5, 5.41) is 3.06. The maximum atomic E-state index is 12.6. The van der Waals surface area contributed by atoms with Crippen molar-refractivity contribution in [3.8, 4) is 0 Å². The lowest BCUT2D eigenvalue weighted by atomic mass is 9.96. The van der Waals surface area contributed by atoms with Gasteiger partial charge in [-0.2, -0.15) is 13.2 Å². The first-order valence-corrected chi connectivity index (χ1v) is 6.38. The molecule has 1 aromatic rings. The Morgan fingerprint density at radius 1 is 1.32 bits per heavy atom. The molecule has 0 amide bonds. The minimum atomic E-state index is -4.08. The Balaban J connectivity index is 1.99. The van der Waals surface area contributed by atoms with E-state index in [0.717, 1.165) is 6.54 Å².